The minimum Gasteiger partial charge on any atom is -0.314 e. The highest BCUT2D eigenvalue weighted by Gasteiger charge is 2.51. The molecule has 0 atom stereocenters. The molecule has 1 aromatic carbocycles. The molecule has 4 rings (SSSR count). The minimum atomic E-state index is -0.450. The zero-order chi connectivity index (χ0) is 16.6. The first-order chi connectivity index (χ1) is 11.7. The van der Waals surface area contributed by atoms with Gasteiger partial charge in [0.05, 0.1) is 5.41 Å². The van der Waals surface area contributed by atoms with Gasteiger partial charge in [0, 0.05) is 44.8 Å². The monoisotopic (exact) mass is 327 g/mol. The zero-order valence-electron chi connectivity index (χ0n) is 14.1. The molecule has 2 heterocycles. The van der Waals surface area contributed by atoms with Gasteiger partial charge in [-0.3, -0.25) is 19.4 Å². The Labute approximate surface area is 143 Å². The molecule has 3 aliphatic rings. The van der Waals surface area contributed by atoms with Crippen molar-refractivity contribution < 1.29 is 9.59 Å². The lowest BCUT2D eigenvalue weighted by Crippen LogP contribution is -2.55. The molecule has 2 aliphatic heterocycles. The van der Waals surface area contributed by atoms with Crippen LogP contribution in [0.5, 0.6) is 0 Å². The lowest BCUT2D eigenvalue weighted by atomic mass is 9.72. The summed E-state index contributed by atoms with van der Waals surface area (Å²) >= 11 is 0. The van der Waals surface area contributed by atoms with Crippen LogP contribution in [0.15, 0.2) is 24.3 Å². The molecule has 2 fully saturated rings. The summed E-state index contributed by atoms with van der Waals surface area (Å²) in [5.41, 5.74) is 1.25. The number of piperazine rings is 1. The van der Waals surface area contributed by atoms with E-state index in [-0.39, 0.29) is 11.8 Å². The van der Waals surface area contributed by atoms with Crippen LogP contribution in [0.3, 0.4) is 0 Å². The molecule has 24 heavy (non-hydrogen) atoms. The smallest absolute Gasteiger partial charge is 0.260 e. The molecule has 1 aliphatic carbocycles. The second-order valence-corrected chi connectivity index (χ2v) is 7.19. The molecule has 0 radical (unpaired) electrons. The van der Waals surface area contributed by atoms with Crippen LogP contribution in [0.2, 0.25) is 0 Å². The van der Waals surface area contributed by atoms with Crippen molar-refractivity contribution in [1.29, 1.82) is 0 Å². The molecule has 5 heteroatoms. The highest BCUT2D eigenvalue weighted by molar-refractivity contribution is 6.13. The van der Waals surface area contributed by atoms with E-state index in [1.165, 1.54) is 4.90 Å². The third kappa shape index (κ3) is 2.47. The van der Waals surface area contributed by atoms with Crippen LogP contribution in [0, 0.1) is 0 Å². The topological polar surface area (TPSA) is 52.7 Å². The summed E-state index contributed by atoms with van der Waals surface area (Å²) in [7, 11) is 0. The summed E-state index contributed by atoms with van der Waals surface area (Å²) in [5.74, 6) is -0.0675. The maximum atomic E-state index is 13.3. The van der Waals surface area contributed by atoms with Gasteiger partial charge in [0.2, 0.25) is 5.91 Å². The van der Waals surface area contributed by atoms with Crippen LogP contribution in [0.25, 0.3) is 0 Å². The van der Waals surface area contributed by atoms with Gasteiger partial charge < -0.3 is 5.32 Å². The summed E-state index contributed by atoms with van der Waals surface area (Å²) < 4.78 is 0. The SMILES string of the molecule is O=C1c2ccccc2C2(CCCC2)C(=O)N1CCN1CCNCC1. The fourth-order valence-corrected chi connectivity index (χ4v) is 4.54. The molecular formula is C19H25N3O2. The average molecular weight is 327 g/mol. The molecule has 2 amide bonds. The molecule has 1 saturated carbocycles. The van der Waals surface area contributed by atoms with E-state index in [2.05, 4.69) is 10.2 Å². The van der Waals surface area contributed by atoms with E-state index >= 15 is 0 Å². The number of rotatable bonds is 3. The molecule has 5 nitrogen and oxygen atoms in total. The molecule has 1 N–H and O–H groups in total. The van der Waals surface area contributed by atoms with Crippen LogP contribution < -0.4 is 5.32 Å². The number of hydrogen-bond donors (Lipinski definition) is 1. The Morgan fingerprint density at radius 3 is 2.46 bits per heavy atom. The van der Waals surface area contributed by atoms with Crippen molar-refractivity contribution in [2.45, 2.75) is 31.1 Å². The van der Waals surface area contributed by atoms with Gasteiger partial charge in [-0.05, 0) is 24.5 Å². The fraction of sp³-hybridized carbons (Fsp3) is 0.579. The van der Waals surface area contributed by atoms with E-state index in [1.807, 2.05) is 24.3 Å². The van der Waals surface area contributed by atoms with Crippen molar-refractivity contribution in [1.82, 2.24) is 15.1 Å². The van der Waals surface area contributed by atoms with Gasteiger partial charge in [0.25, 0.3) is 5.91 Å². The number of hydrogen-bond acceptors (Lipinski definition) is 4. The number of amides is 2. The van der Waals surface area contributed by atoms with E-state index in [0.717, 1.165) is 69.5 Å². The molecule has 1 saturated heterocycles. The maximum absolute atomic E-state index is 13.3. The highest BCUT2D eigenvalue weighted by atomic mass is 16.2. The normalized spacial score (nSPS) is 23.8. The molecule has 0 unspecified atom stereocenters. The first-order valence-electron chi connectivity index (χ1n) is 9.11. The van der Waals surface area contributed by atoms with E-state index in [9.17, 15) is 9.59 Å². The molecule has 1 spiro atoms. The van der Waals surface area contributed by atoms with Crippen molar-refractivity contribution in [2.75, 3.05) is 39.3 Å². The van der Waals surface area contributed by atoms with Gasteiger partial charge in [-0.25, -0.2) is 0 Å². The Morgan fingerprint density at radius 2 is 1.71 bits per heavy atom. The highest BCUT2D eigenvalue weighted by Crippen LogP contribution is 2.46. The van der Waals surface area contributed by atoms with Crippen LogP contribution >= 0.6 is 0 Å². The van der Waals surface area contributed by atoms with Crippen LogP contribution in [-0.2, 0) is 10.2 Å². The standard InChI is InChI=1S/C19H25N3O2/c23-17-15-5-1-2-6-16(15)19(7-3-4-8-19)18(24)22(17)14-13-21-11-9-20-10-12-21/h1-2,5-6,20H,3-4,7-14H2. The van der Waals surface area contributed by atoms with Crippen molar-refractivity contribution in [3.8, 4) is 0 Å². The average Bonchev–Trinajstić information content (AvgIpc) is 3.12. The van der Waals surface area contributed by atoms with E-state index in [0.29, 0.717) is 6.54 Å². The Bertz CT molecular complexity index is 646. The number of nitrogens with zero attached hydrogens (tertiary/aromatic N) is 2. The maximum Gasteiger partial charge on any atom is 0.260 e. The summed E-state index contributed by atoms with van der Waals surface area (Å²) in [6.07, 6.45) is 3.89. The molecular weight excluding hydrogens is 302 g/mol. The van der Waals surface area contributed by atoms with Crippen LogP contribution in [0.4, 0.5) is 0 Å². The summed E-state index contributed by atoms with van der Waals surface area (Å²) in [4.78, 5) is 30.1. The number of imide groups is 1. The Balaban J connectivity index is 1.61. The third-order valence-electron chi connectivity index (χ3n) is 5.88. The van der Waals surface area contributed by atoms with Gasteiger partial charge in [0.1, 0.15) is 0 Å². The number of benzene rings is 1. The predicted octanol–water partition coefficient (Wildman–Crippen LogP) is 1.39. The summed E-state index contributed by atoms with van der Waals surface area (Å²) in [5, 5.41) is 3.33. The van der Waals surface area contributed by atoms with Gasteiger partial charge >= 0.3 is 0 Å². The largest absolute Gasteiger partial charge is 0.314 e. The Kier molecular flexibility index (Phi) is 4.14. The molecule has 0 aromatic heterocycles. The van der Waals surface area contributed by atoms with E-state index in [4.69, 9.17) is 0 Å². The first-order valence-corrected chi connectivity index (χ1v) is 9.11. The van der Waals surface area contributed by atoms with Crippen molar-refractivity contribution in [3.05, 3.63) is 35.4 Å². The lowest BCUT2D eigenvalue weighted by Gasteiger charge is -2.40. The van der Waals surface area contributed by atoms with Crippen molar-refractivity contribution >= 4 is 11.8 Å². The molecule has 1 aromatic rings. The van der Waals surface area contributed by atoms with E-state index in [1.54, 1.807) is 0 Å². The Hall–Kier alpha value is -1.72. The molecule has 128 valence electrons. The second-order valence-electron chi connectivity index (χ2n) is 7.19. The van der Waals surface area contributed by atoms with Gasteiger partial charge in [-0.1, -0.05) is 31.0 Å². The van der Waals surface area contributed by atoms with Gasteiger partial charge in [-0.15, -0.1) is 0 Å². The van der Waals surface area contributed by atoms with Gasteiger partial charge in [0.15, 0.2) is 0 Å². The summed E-state index contributed by atoms with van der Waals surface area (Å²) in [6.45, 7) is 5.21. The number of fused-ring (bicyclic) bond motifs is 2. The minimum absolute atomic E-state index is 0.0406. The Morgan fingerprint density at radius 1 is 1.00 bits per heavy atom. The molecule has 0 bridgehead atoms. The zero-order valence-corrected chi connectivity index (χ0v) is 14.1. The number of nitrogens with one attached hydrogen (secondary N) is 1. The summed E-state index contributed by atoms with van der Waals surface area (Å²) in [6, 6.07) is 7.74. The van der Waals surface area contributed by atoms with E-state index < -0.39 is 5.41 Å². The van der Waals surface area contributed by atoms with Crippen molar-refractivity contribution in [2.24, 2.45) is 0 Å². The first kappa shape index (κ1) is 15.8. The third-order valence-corrected chi connectivity index (χ3v) is 5.88. The second kappa shape index (κ2) is 6.30. The quantitative estimate of drug-likeness (QED) is 0.853. The number of carbonyl (C=O) groups is 2. The number of carbonyl (C=O) groups excluding carboxylic acids is 2. The predicted molar refractivity (Wildman–Crippen MR) is 91.9 cm³/mol. The lowest BCUT2D eigenvalue weighted by molar-refractivity contribution is -0.135. The van der Waals surface area contributed by atoms with Crippen LogP contribution in [-0.4, -0.2) is 60.9 Å². The van der Waals surface area contributed by atoms with Gasteiger partial charge in [-0.2, -0.15) is 0 Å². The van der Waals surface area contributed by atoms with Crippen LogP contribution in [0.1, 0.15) is 41.6 Å². The van der Waals surface area contributed by atoms with Crippen molar-refractivity contribution in [3.63, 3.8) is 0 Å². The fourth-order valence-electron chi connectivity index (χ4n) is 4.54.